The zero-order valence-electron chi connectivity index (χ0n) is 17.1. The van der Waals surface area contributed by atoms with E-state index >= 15 is 0 Å². The molecule has 0 aliphatic rings. The molecule has 1 heterocycles. The van der Waals surface area contributed by atoms with Crippen LogP contribution in [0.25, 0.3) is 11.4 Å². The van der Waals surface area contributed by atoms with Crippen molar-refractivity contribution in [3.05, 3.63) is 47.8 Å². The van der Waals surface area contributed by atoms with Gasteiger partial charge < -0.3 is 24.7 Å². The van der Waals surface area contributed by atoms with E-state index in [1.54, 1.807) is 14.2 Å². The van der Waals surface area contributed by atoms with Gasteiger partial charge in [-0.05, 0) is 49.7 Å². The van der Waals surface area contributed by atoms with Gasteiger partial charge in [-0.25, -0.2) is 4.98 Å². The molecule has 0 saturated heterocycles. The number of hydrogen-bond acceptors (Lipinski definition) is 7. The van der Waals surface area contributed by atoms with Crippen molar-refractivity contribution in [1.29, 1.82) is 0 Å². The van der Waals surface area contributed by atoms with Crippen molar-refractivity contribution in [1.82, 2.24) is 15.2 Å². The third-order valence-corrected chi connectivity index (χ3v) is 4.37. The highest BCUT2D eigenvalue weighted by Gasteiger charge is 2.18. The summed E-state index contributed by atoms with van der Waals surface area (Å²) in [7, 11) is 3.19. The summed E-state index contributed by atoms with van der Waals surface area (Å²) in [5.74, 6) is 3.65. The Kier molecular flexibility index (Phi) is 6.56. The van der Waals surface area contributed by atoms with Gasteiger partial charge in [-0.1, -0.05) is 6.07 Å². The van der Waals surface area contributed by atoms with Crippen LogP contribution in [0.2, 0.25) is 0 Å². The zero-order valence-corrected chi connectivity index (χ0v) is 17.1. The maximum absolute atomic E-state index is 6.40. The van der Waals surface area contributed by atoms with Crippen LogP contribution in [0.15, 0.2) is 36.4 Å². The third-order valence-electron chi connectivity index (χ3n) is 4.37. The van der Waals surface area contributed by atoms with Gasteiger partial charge in [-0.15, -0.1) is 0 Å². The van der Waals surface area contributed by atoms with Crippen LogP contribution in [0.1, 0.15) is 31.3 Å². The second kappa shape index (κ2) is 9.29. The first-order valence-corrected chi connectivity index (χ1v) is 9.41. The topological polar surface area (TPSA) is 105 Å². The van der Waals surface area contributed by atoms with E-state index in [0.29, 0.717) is 47.9 Å². The van der Waals surface area contributed by atoms with Crippen LogP contribution in [-0.2, 0) is 0 Å². The van der Waals surface area contributed by atoms with Crippen LogP contribution < -0.4 is 24.7 Å². The van der Waals surface area contributed by atoms with Crippen LogP contribution in [0.3, 0.4) is 0 Å². The van der Waals surface area contributed by atoms with E-state index in [0.717, 1.165) is 11.1 Å². The van der Waals surface area contributed by atoms with Crippen LogP contribution in [0.4, 0.5) is 0 Å². The lowest BCUT2D eigenvalue weighted by Crippen LogP contribution is -2.14. The predicted molar refractivity (Wildman–Crippen MR) is 110 cm³/mol. The standard InChI is InChI=1S/C21H26N4O4/c1-5-28-15-9-7-13(11-17(15)26-3)19(22)21-23-20(24-25-21)14-8-10-16(29-6-2)18(12-14)27-4/h7-12,19H,5-6,22H2,1-4H3,(H,23,24,25). The van der Waals surface area contributed by atoms with Gasteiger partial charge in [0.15, 0.2) is 28.8 Å². The third kappa shape index (κ3) is 4.43. The maximum atomic E-state index is 6.40. The van der Waals surface area contributed by atoms with Crippen LogP contribution in [-0.4, -0.2) is 42.6 Å². The highest BCUT2D eigenvalue weighted by Crippen LogP contribution is 2.33. The number of nitrogens with one attached hydrogen (secondary N) is 1. The van der Waals surface area contributed by atoms with Gasteiger partial charge in [0, 0.05) is 5.56 Å². The summed E-state index contributed by atoms with van der Waals surface area (Å²) in [6, 6.07) is 10.6. The van der Waals surface area contributed by atoms with Crippen LogP contribution in [0.5, 0.6) is 23.0 Å². The molecule has 1 atom stereocenters. The number of methoxy groups -OCH3 is 2. The lowest BCUT2D eigenvalue weighted by molar-refractivity contribution is 0.310. The average Bonchev–Trinajstić information content (AvgIpc) is 3.24. The second-order valence-corrected chi connectivity index (χ2v) is 6.16. The lowest BCUT2D eigenvalue weighted by atomic mass is 10.1. The molecule has 0 bridgehead atoms. The highest BCUT2D eigenvalue weighted by atomic mass is 16.5. The molecule has 8 nitrogen and oxygen atoms in total. The van der Waals surface area contributed by atoms with Gasteiger partial charge in [-0.2, -0.15) is 5.10 Å². The first kappa shape index (κ1) is 20.5. The van der Waals surface area contributed by atoms with Crippen molar-refractivity contribution >= 4 is 0 Å². The Morgan fingerprint density at radius 3 is 2.14 bits per heavy atom. The monoisotopic (exact) mass is 398 g/mol. The van der Waals surface area contributed by atoms with Gasteiger partial charge >= 0.3 is 0 Å². The minimum absolute atomic E-state index is 0.495. The number of rotatable bonds is 9. The van der Waals surface area contributed by atoms with E-state index in [1.807, 2.05) is 50.2 Å². The molecule has 154 valence electrons. The molecule has 0 aliphatic heterocycles. The van der Waals surface area contributed by atoms with E-state index in [4.69, 9.17) is 24.7 Å². The molecule has 3 aromatic rings. The molecule has 8 heteroatoms. The smallest absolute Gasteiger partial charge is 0.181 e. The largest absolute Gasteiger partial charge is 0.493 e. The summed E-state index contributed by atoms with van der Waals surface area (Å²) in [4.78, 5) is 4.56. The van der Waals surface area contributed by atoms with Crippen molar-refractivity contribution in [2.75, 3.05) is 27.4 Å². The Balaban J connectivity index is 1.86. The SMILES string of the molecule is CCOc1ccc(-c2n[nH]c(C(N)c3ccc(OCC)c(OC)c3)n2)cc1OC. The number of nitrogens with zero attached hydrogens (tertiary/aromatic N) is 2. The first-order chi connectivity index (χ1) is 14.1. The van der Waals surface area contributed by atoms with Gasteiger partial charge in [0.25, 0.3) is 0 Å². The first-order valence-electron chi connectivity index (χ1n) is 9.41. The summed E-state index contributed by atoms with van der Waals surface area (Å²) in [5.41, 5.74) is 8.03. The Bertz CT molecular complexity index is 958. The molecule has 29 heavy (non-hydrogen) atoms. The van der Waals surface area contributed by atoms with E-state index in [9.17, 15) is 0 Å². The molecule has 2 aromatic carbocycles. The normalized spacial score (nSPS) is 11.8. The van der Waals surface area contributed by atoms with Crippen molar-refractivity contribution in [3.63, 3.8) is 0 Å². The average molecular weight is 398 g/mol. The molecule has 0 aliphatic carbocycles. The van der Waals surface area contributed by atoms with E-state index < -0.39 is 6.04 Å². The predicted octanol–water partition coefficient (Wildman–Crippen LogP) is 3.33. The number of aromatic amines is 1. The van der Waals surface area contributed by atoms with Crippen molar-refractivity contribution in [2.45, 2.75) is 19.9 Å². The molecule has 0 spiro atoms. The quantitative estimate of drug-likeness (QED) is 0.569. The summed E-state index contributed by atoms with van der Waals surface area (Å²) in [6.07, 6.45) is 0. The Morgan fingerprint density at radius 2 is 1.52 bits per heavy atom. The second-order valence-electron chi connectivity index (χ2n) is 6.16. The molecule has 0 fully saturated rings. The zero-order chi connectivity index (χ0) is 20.8. The molecular formula is C21H26N4O4. The molecule has 0 radical (unpaired) electrons. The molecule has 1 unspecified atom stereocenters. The van der Waals surface area contributed by atoms with E-state index in [1.165, 1.54) is 0 Å². The lowest BCUT2D eigenvalue weighted by Gasteiger charge is -2.13. The summed E-state index contributed by atoms with van der Waals surface area (Å²) in [6.45, 7) is 4.96. The highest BCUT2D eigenvalue weighted by molar-refractivity contribution is 5.61. The number of nitrogens with two attached hydrogens (primary N) is 1. The van der Waals surface area contributed by atoms with Gasteiger partial charge in [-0.3, -0.25) is 5.10 Å². The summed E-state index contributed by atoms with van der Waals surface area (Å²) < 4.78 is 21.9. The van der Waals surface area contributed by atoms with Crippen LogP contribution >= 0.6 is 0 Å². The number of hydrogen-bond donors (Lipinski definition) is 2. The fraction of sp³-hybridized carbons (Fsp3) is 0.333. The number of H-pyrrole nitrogens is 1. The van der Waals surface area contributed by atoms with Crippen molar-refractivity contribution in [3.8, 4) is 34.4 Å². The molecule has 1 aromatic heterocycles. The Morgan fingerprint density at radius 1 is 0.897 bits per heavy atom. The maximum Gasteiger partial charge on any atom is 0.181 e. The molecular weight excluding hydrogens is 372 g/mol. The molecule has 0 saturated carbocycles. The number of aromatic nitrogens is 3. The minimum atomic E-state index is -0.495. The van der Waals surface area contributed by atoms with E-state index in [2.05, 4.69) is 15.2 Å². The van der Waals surface area contributed by atoms with Gasteiger partial charge in [0.1, 0.15) is 5.82 Å². The molecule has 3 N–H and O–H groups in total. The van der Waals surface area contributed by atoms with Gasteiger partial charge in [0.2, 0.25) is 0 Å². The molecule has 3 rings (SSSR count). The van der Waals surface area contributed by atoms with Gasteiger partial charge in [0.05, 0.1) is 33.5 Å². The summed E-state index contributed by atoms with van der Waals surface area (Å²) >= 11 is 0. The molecule has 0 amide bonds. The fourth-order valence-electron chi connectivity index (χ4n) is 2.93. The van der Waals surface area contributed by atoms with E-state index in [-0.39, 0.29) is 0 Å². The summed E-state index contributed by atoms with van der Waals surface area (Å²) in [5, 5.41) is 7.23. The number of benzene rings is 2. The van der Waals surface area contributed by atoms with Crippen LogP contribution in [0, 0.1) is 0 Å². The van der Waals surface area contributed by atoms with Crippen molar-refractivity contribution in [2.24, 2.45) is 5.73 Å². The Labute approximate surface area is 170 Å². The Hall–Kier alpha value is -3.26. The number of ether oxygens (including phenoxy) is 4. The fourth-order valence-corrected chi connectivity index (χ4v) is 2.93. The minimum Gasteiger partial charge on any atom is -0.493 e. The van der Waals surface area contributed by atoms with Crippen molar-refractivity contribution < 1.29 is 18.9 Å².